The predicted octanol–water partition coefficient (Wildman–Crippen LogP) is 4.09. The molecule has 0 aromatic rings. The number of hydrogen-bond acceptors (Lipinski definition) is 6. The summed E-state index contributed by atoms with van der Waals surface area (Å²) in [5, 5.41) is 0. The van der Waals surface area contributed by atoms with Crippen LogP contribution < -0.4 is 0 Å². The summed E-state index contributed by atoms with van der Waals surface area (Å²) >= 11 is 0. The molecule has 0 spiro atoms. The second-order valence-corrected chi connectivity index (χ2v) is 6.73. The Balaban J connectivity index is 2.21. The van der Waals surface area contributed by atoms with E-state index < -0.39 is 30.4 Å². The molecule has 3 unspecified atom stereocenters. The number of carbonyl (C=O) groups is 2. The van der Waals surface area contributed by atoms with Gasteiger partial charge in [0.15, 0.2) is 6.29 Å². The summed E-state index contributed by atoms with van der Waals surface area (Å²) in [7, 11) is 0. The number of unbranched alkanes of at least 4 members (excludes halogenated alkanes) is 7. The lowest BCUT2D eigenvalue weighted by molar-refractivity contribution is -0.197. The van der Waals surface area contributed by atoms with Crippen LogP contribution in [0.2, 0.25) is 0 Å². The van der Waals surface area contributed by atoms with E-state index in [-0.39, 0.29) is 6.61 Å². The topological polar surface area (TPSA) is 71.1 Å². The van der Waals surface area contributed by atoms with Crippen molar-refractivity contribution in [3.8, 4) is 0 Å². The van der Waals surface area contributed by atoms with Gasteiger partial charge in [0.25, 0.3) is 0 Å². The lowest BCUT2D eigenvalue weighted by Crippen LogP contribution is -2.42. The van der Waals surface area contributed by atoms with Crippen LogP contribution in [-0.2, 0) is 28.5 Å². The second-order valence-electron chi connectivity index (χ2n) is 6.73. The zero-order chi connectivity index (χ0) is 19.9. The van der Waals surface area contributed by atoms with Crippen molar-refractivity contribution in [3.63, 3.8) is 0 Å². The molecule has 1 heterocycles. The van der Waals surface area contributed by atoms with E-state index >= 15 is 0 Å². The molecule has 154 valence electrons. The number of esters is 2. The fourth-order valence-corrected chi connectivity index (χ4v) is 2.83. The van der Waals surface area contributed by atoms with Crippen LogP contribution >= 0.6 is 0 Å². The Labute approximate surface area is 162 Å². The van der Waals surface area contributed by atoms with Crippen LogP contribution in [0.5, 0.6) is 0 Å². The minimum Gasteiger partial charge on any atom is -0.463 e. The highest BCUT2D eigenvalue weighted by atomic mass is 16.7. The van der Waals surface area contributed by atoms with Crippen LogP contribution in [0.15, 0.2) is 24.8 Å². The van der Waals surface area contributed by atoms with Gasteiger partial charge in [-0.15, -0.1) is 6.58 Å². The fraction of sp³-hybridized carbons (Fsp3) is 0.714. The summed E-state index contributed by atoms with van der Waals surface area (Å²) in [5.41, 5.74) is 0. The highest BCUT2D eigenvalue weighted by Gasteiger charge is 2.30. The SMILES string of the molecule is C=CCCCCCCCCCOC1C=CC(OC(C)=O)C(COC(C)=O)O1. The third-order valence-electron chi connectivity index (χ3n) is 4.22. The first kappa shape index (κ1) is 23.4. The molecule has 1 aliphatic heterocycles. The maximum atomic E-state index is 11.2. The summed E-state index contributed by atoms with van der Waals surface area (Å²) < 4.78 is 21.7. The lowest BCUT2D eigenvalue weighted by atomic mass is 10.1. The largest absolute Gasteiger partial charge is 0.463 e. The quantitative estimate of drug-likeness (QED) is 0.256. The van der Waals surface area contributed by atoms with Gasteiger partial charge in [0.05, 0.1) is 6.61 Å². The molecule has 0 radical (unpaired) electrons. The van der Waals surface area contributed by atoms with Gasteiger partial charge in [-0.1, -0.05) is 38.2 Å². The third kappa shape index (κ3) is 11.6. The third-order valence-corrected chi connectivity index (χ3v) is 4.22. The number of rotatable bonds is 14. The number of allylic oxidation sites excluding steroid dienone is 1. The van der Waals surface area contributed by atoms with Crippen molar-refractivity contribution in [2.24, 2.45) is 0 Å². The van der Waals surface area contributed by atoms with Crippen LogP contribution in [0.1, 0.15) is 65.2 Å². The summed E-state index contributed by atoms with van der Waals surface area (Å²) in [6.07, 6.45) is 13.2. The highest BCUT2D eigenvalue weighted by molar-refractivity contribution is 5.66. The van der Waals surface area contributed by atoms with E-state index in [1.807, 2.05) is 6.08 Å². The smallest absolute Gasteiger partial charge is 0.303 e. The molecule has 3 atom stereocenters. The van der Waals surface area contributed by atoms with Crippen LogP contribution in [0, 0.1) is 0 Å². The molecule has 0 aromatic heterocycles. The van der Waals surface area contributed by atoms with Gasteiger partial charge >= 0.3 is 11.9 Å². The molecular weight excluding hydrogens is 348 g/mol. The molecule has 0 fully saturated rings. The fourth-order valence-electron chi connectivity index (χ4n) is 2.83. The van der Waals surface area contributed by atoms with Crippen LogP contribution in [0.25, 0.3) is 0 Å². The van der Waals surface area contributed by atoms with Gasteiger partial charge in [0.1, 0.15) is 18.8 Å². The Morgan fingerprint density at radius 2 is 1.67 bits per heavy atom. The summed E-state index contributed by atoms with van der Waals surface area (Å²) in [5.74, 6) is -0.818. The summed E-state index contributed by atoms with van der Waals surface area (Å²) in [6, 6.07) is 0. The van der Waals surface area contributed by atoms with Crippen molar-refractivity contribution < 1.29 is 28.5 Å². The molecule has 0 saturated heterocycles. The van der Waals surface area contributed by atoms with Gasteiger partial charge in [-0.25, -0.2) is 0 Å². The first-order chi connectivity index (χ1) is 13.0. The van der Waals surface area contributed by atoms with E-state index in [2.05, 4.69) is 6.58 Å². The van der Waals surface area contributed by atoms with Crippen molar-refractivity contribution >= 4 is 11.9 Å². The van der Waals surface area contributed by atoms with E-state index in [4.69, 9.17) is 18.9 Å². The van der Waals surface area contributed by atoms with E-state index in [9.17, 15) is 9.59 Å². The van der Waals surface area contributed by atoms with Gasteiger partial charge in [0, 0.05) is 13.8 Å². The first-order valence-corrected chi connectivity index (χ1v) is 9.89. The van der Waals surface area contributed by atoms with Crippen molar-refractivity contribution in [2.45, 2.75) is 83.7 Å². The van der Waals surface area contributed by atoms with Crippen molar-refractivity contribution in [1.29, 1.82) is 0 Å². The Morgan fingerprint density at radius 3 is 2.30 bits per heavy atom. The molecule has 6 heteroatoms. The van der Waals surface area contributed by atoms with Crippen molar-refractivity contribution in [2.75, 3.05) is 13.2 Å². The van der Waals surface area contributed by atoms with E-state index in [1.54, 1.807) is 12.2 Å². The molecule has 0 aromatic carbocycles. The van der Waals surface area contributed by atoms with Crippen molar-refractivity contribution in [3.05, 3.63) is 24.8 Å². The molecule has 6 nitrogen and oxygen atoms in total. The average molecular weight is 382 g/mol. The summed E-state index contributed by atoms with van der Waals surface area (Å²) in [6.45, 7) is 7.01. The van der Waals surface area contributed by atoms with Crippen LogP contribution in [0.4, 0.5) is 0 Å². The van der Waals surface area contributed by atoms with Crippen LogP contribution in [-0.4, -0.2) is 43.7 Å². The number of hydrogen-bond donors (Lipinski definition) is 0. The monoisotopic (exact) mass is 382 g/mol. The lowest BCUT2D eigenvalue weighted by Gasteiger charge is -2.31. The van der Waals surface area contributed by atoms with Gasteiger partial charge in [0.2, 0.25) is 0 Å². The Kier molecular flexibility index (Phi) is 12.5. The number of carbonyl (C=O) groups excluding carboxylic acids is 2. The molecule has 0 aliphatic carbocycles. The van der Waals surface area contributed by atoms with Crippen LogP contribution in [0.3, 0.4) is 0 Å². The maximum absolute atomic E-state index is 11.2. The Morgan fingerprint density at radius 1 is 1.00 bits per heavy atom. The van der Waals surface area contributed by atoms with Crippen molar-refractivity contribution in [1.82, 2.24) is 0 Å². The molecule has 0 amide bonds. The minimum absolute atomic E-state index is 0.0172. The average Bonchev–Trinajstić information content (AvgIpc) is 2.62. The molecule has 1 aliphatic rings. The Bertz CT molecular complexity index is 473. The van der Waals surface area contributed by atoms with E-state index in [1.165, 1.54) is 46.0 Å². The molecule has 0 bridgehead atoms. The first-order valence-electron chi connectivity index (χ1n) is 9.89. The van der Waals surface area contributed by atoms with Gasteiger partial charge in [-0.3, -0.25) is 9.59 Å². The zero-order valence-electron chi connectivity index (χ0n) is 16.7. The maximum Gasteiger partial charge on any atom is 0.303 e. The molecule has 27 heavy (non-hydrogen) atoms. The number of ether oxygens (including phenoxy) is 4. The van der Waals surface area contributed by atoms with Gasteiger partial charge < -0.3 is 18.9 Å². The summed E-state index contributed by atoms with van der Waals surface area (Å²) in [4.78, 5) is 22.2. The normalized spacial score (nSPS) is 21.6. The molecule has 1 rings (SSSR count). The molecular formula is C21H34O6. The predicted molar refractivity (Wildman–Crippen MR) is 103 cm³/mol. The van der Waals surface area contributed by atoms with Gasteiger partial charge in [-0.2, -0.15) is 0 Å². The van der Waals surface area contributed by atoms with E-state index in [0.717, 1.165) is 19.3 Å². The minimum atomic E-state index is -0.581. The van der Waals surface area contributed by atoms with E-state index in [0.29, 0.717) is 6.61 Å². The standard InChI is InChI=1S/C21H34O6/c1-4-5-6-7-8-9-10-11-12-15-24-21-14-13-19(26-18(3)23)20(27-21)16-25-17(2)22/h4,13-14,19-21H,1,5-12,15-16H2,2-3H3. The molecule has 0 saturated carbocycles. The molecule has 0 N–H and O–H groups in total. The highest BCUT2D eigenvalue weighted by Crippen LogP contribution is 2.18. The second kappa shape index (κ2) is 14.4. The Hall–Kier alpha value is -1.66. The zero-order valence-corrected chi connectivity index (χ0v) is 16.7. The van der Waals surface area contributed by atoms with Gasteiger partial charge in [-0.05, 0) is 31.4 Å².